The summed E-state index contributed by atoms with van der Waals surface area (Å²) < 4.78 is 0. The van der Waals surface area contributed by atoms with Gasteiger partial charge in [-0.15, -0.1) is 24.0 Å². The number of thioether (sulfide) groups is 1. The maximum Gasteiger partial charge on any atom is 0.0988 e. The lowest BCUT2D eigenvalue weighted by atomic mass is 9.94. The van der Waals surface area contributed by atoms with Gasteiger partial charge in [-0.1, -0.05) is 55.4 Å². The minimum atomic E-state index is 0. The number of halogens is 1. The topological polar surface area (TPSA) is 32.5 Å². The molecule has 1 atom stereocenters. The second-order valence-electron chi connectivity index (χ2n) is 8.39. The number of nitrogens with zero attached hydrogens (tertiary/aromatic N) is 2. The average molecular weight is 568 g/mol. The number of para-hydroxylation sites is 2. The van der Waals surface area contributed by atoms with Crippen LogP contribution in [0.25, 0.3) is 5.57 Å². The van der Waals surface area contributed by atoms with Crippen LogP contribution in [0.1, 0.15) is 31.7 Å². The normalized spacial score (nSPS) is 17.9. The molecule has 5 rings (SSSR count). The molecule has 2 N–H and O–H groups in total. The van der Waals surface area contributed by atoms with Crippen LogP contribution in [0, 0.1) is 0 Å². The number of benzene rings is 3. The van der Waals surface area contributed by atoms with Gasteiger partial charge < -0.3 is 15.5 Å². The van der Waals surface area contributed by atoms with Crippen molar-refractivity contribution in [1.82, 2.24) is 0 Å². The zero-order valence-corrected chi connectivity index (χ0v) is 22.2. The highest BCUT2D eigenvalue weighted by Gasteiger charge is 2.28. The second-order valence-corrected chi connectivity index (χ2v) is 9.55. The highest BCUT2D eigenvalue weighted by Crippen LogP contribution is 2.46. The Kier molecular flexibility index (Phi) is 7.39. The molecule has 2 aliphatic heterocycles. The van der Waals surface area contributed by atoms with Crippen LogP contribution >= 0.6 is 35.7 Å². The lowest BCUT2D eigenvalue weighted by Gasteiger charge is -2.34. The number of allylic oxidation sites excluding steroid dienone is 3. The van der Waals surface area contributed by atoms with Crippen LogP contribution in [-0.4, -0.2) is 12.4 Å². The molecule has 0 saturated carbocycles. The number of hydrogen-bond donors (Lipinski definition) is 1. The Hall–Kier alpha value is -2.38. The lowest BCUT2D eigenvalue weighted by molar-refractivity contribution is 0.773. The van der Waals surface area contributed by atoms with Gasteiger partial charge in [0.2, 0.25) is 0 Å². The molecule has 2 aliphatic rings. The molecule has 0 aliphatic carbocycles. The fraction of sp³-hybridized carbons (Fsp3) is 0.214. The van der Waals surface area contributed by atoms with Crippen LogP contribution < -0.4 is 15.5 Å². The summed E-state index contributed by atoms with van der Waals surface area (Å²) in [6, 6.07) is 25.6. The smallest absolute Gasteiger partial charge is 0.0988 e. The number of fused-ring (bicyclic) bond motifs is 2. The Bertz CT molecular complexity index is 1190. The molecule has 33 heavy (non-hydrogen) atoms. The maximum absolute atomic E-state index is 5.98. The number of unbranched alkanes of at least 4 members (excludes halogenated alkanes) is 1. The first-order valence-corrected chi connectivity index (χ1v) is 12.2. The summed E-state index contributed by atoms with van der Waals surface area (Å²) in [5, 5.41) is 0.280. The third-order valence-corrected chi connectivity index (χ3v) is 7.49. The number of likely N-dealkylation sites (N-methyl/N-ethyl adjacent to an activating group) is 1. The number of rotatable bonds is 5. The summed E-state index contributed by atoms with van der Waals surface area (Å²) in [6.07, 6.45) is 8.20. The molecule has 3 nitrogen and oxygen atoms in total. The molecule has 0 bridgehead atoms. The number of hydrogen-bond acceptors (Lipinski definition) is 4. The highest BCUT2D eigenvalue weighted by atomic mass is 127. The van der Waals surface area contributed by atoms with E-state index >= 15 is 0 Å². The van der Waals surface area contributed by atoms with Crippen molar-refractivity contribution in [3.8, 4) is 0 Å². The molecule has 1 unspecified atom stereocenters. The predicted molar refractivity (Wildman–Crippen MR) is 155 cm³/mol. The van der Waals surface area contributed by atoms with E-state index in [2.05, 4.69) is 96.6 Å². The summed E-state index contributed by atoms with van der Waals surface area (Å²) in [5.41, 5.74) is 14.4. The summed E-state index contributed by atoms with van der Waals surface area (Å²) in [4.78, 5) is 6.13. The van der Waals surface area contributed by atoms with Crippen LogP contribution in [0.4, 0.5) is 22.7 Å². The van der Waals surface area contributed by atoms with E-state index in [0.717, 1.165) is 24.2 Å². The Labute approximate surface area is 218 Å². The Morgan fingerprint density at radius 2 is 1.64 bits per heavy atom. The van der Waals surface area contributed by atoms with Crippen LogP contribution in [0.3, 0.4) is 0 Å². The second kappa shape index (κ2) is 10.3. The molecule has 0 aromatic heterocycles. The maximum atomic E-state index is 5.98. The van der Waals surface area contributed by atoms with Crippen molar-refractivity contribution in [3.63, 3.8) is 0 Å². The van der Waals surface area contributed by atoms with Crippen LogP contribution in [0.2, 0.25) is 0 Å². The van der Waals surface area contributed by atoms with E-state index in [4.69, 9.17) is 5.73 Å². The number of nitrogen functional groups attached to an aromatic ring is 1. The van der Waals surface area contributed by atoms with E-state index in [-0.39, 0.29) is 29.4 Å². The van der Waals surface area contributed by atoms with Gasteiger partial charge in [0.15, 0.2) is 0 Å². The van der Waals surface area contributed by atoms with Crippen molar-refractivity contribution in [2.75, 3.05) is 22.6 Å². The van der Waals surface area contributed by atoms with Crippen molar-refractivity contribution in [2.24, 2.45) is 0 Å². The summed E-state index contributed by atoms with van der Waals surface area (Å²) in [7, 11) is 2.19. The minimum absolute atomic E-state index is 0. The van der Waals surface area contributed by atoms with Gasteiger partial charge in [-0.05, 0) is 73.0 Å². The zero-order valence-electron chi connectivity index (χ0n) is 19.1. The first-order valence-electron chi connectivity index (χ1n) is 11.3. The number of anilines is 4. The van der Waals surface area contributed by atoms with Crippen LogP contribution in [0.5, 0.6) is 0 Å². The van der Waals surface area contributed by atoms with Gasteiger partial charge in [0.05, 0.1) is 16.7 Å². The van der Waals surface area contributed by atoms with Crippen molar-refractivity contribution >= 4 is 64.1 Å². The molecule has 0 saturated heterocycles. The van der Waals surface area contributed by atoms with Gasteiger partial charge in [-0.2, -0.15) is 0 Å². The van der Waals surface area contributed by atoms with Gasteiger partial charge in [-0.3, -0.25) is 0 Å². The summed E-state index contributed by atoms with van der Waals surface area (Å²) >= 11 is 1.92. The largest absolute Gasteiger partial charge is 0.399 e. The standard InChI is InChI=1S/C28H29N3S.HI/c1-3-4-9-23-18-20(19-28-30(2)26-12-7-8-13-27(26)32-28)24-10-5-6-11-25(24)31(23)22-16-14-21(29)15-17-22;/h5-8,10-19,28H,3-4,9,29H2,1-2H3;1H. The van der Waals surface area contributed by atoms with Crippen molar-refractivity contribution < 1.29 is 0 Å². The fourth-order valence-electron chi connectivity index (χ4n) is 4.49. The van der Waals surface area contributed by atoms with E-state index in [1.165, 1.54) is 39.5 Å². The molecule has 0 fully saturated rings. The molecule has 0 radical (unpaired) electrons. The SMILES string of the molecule is CCCCC1=CC(=CC2Sc3ccccc3N2C)c2ccccc2N1c1ccc(N)cc1.I. The van der Waals surface area contributed by atoms with Gasteiger partial charge in [0, 0.05) is 34.6 Å². The van der Waals surface area contributed by atoms with Crippen molar-refractivity contribution in [3.05, 3.63) is 96.2 Å². The lowest BCUT2D eigenvalue weighted by Crippen LogP contribution is -2.24. The molecule has 3 aromatic rings. The van der Waals surface area contributed by atoms with E-state index in [1.54, 1.807) is 0 Å². The zero-order chi connectivity index (χ0) is 22.1. The van der Waals surface area contributed by atoms with E-state index in [1.807, 2.05) is 23.9 Å². The average Bonchev–Trinajstić information content (AvgIpc) is 3.14. The fourth-order valence-corrected chi connectivity index (χ4v) is 5.73. The molecule has 5 heteroatoms. The van der Waals surface area contributed by atoms with Crippen LogP contribution in [0.15, 0.2) is 95.5 Å². The number of nitrogens with two attached hydrogens (primary N) is 1. The molecule has 170 valence electrons. The van der Waals surface area contributed by atoms with Crippen molar-refractivity contribution in [2.45, 2.75) is 36.5 Å². The molecule has 2 heterocycles. The van der Waals surface area contributed by atoms with Crippen molar-refractivity contribution in [1.29, 1.82) is 0 Å². The minimum Gasteiger partial charge on any atom is -0.399 e. The molecular weight excluding hydrogens is 537 g/mol. The first kappa shape index (κ1) is 23.8. The highest BCUT2D eigenvalue weighted by molar-refractivity contribution is 14.0. The van der Waals surface area contributed by atoms with E-state index in [9.17, 15) is 0 Å². The van der Waals surface area contributed by atoms with E-state index < -0.39 is 0 Å². The Morgan fingerprint density at radius 1 is 0.939 bits per heavy atom. The van der Waals surface area contributed by atoms with Gasteiger partial charge in [0.1, 0.15) is 0 Å². The van der Waals surface area contributed by atoms with Crippen LogP contribution in [-0.2, 0) is 0 Å². The molecule has 3 aromatic carbocycles. The molecule has 0 amide bonds. The first-order chi connectivity index (χ1) is 15.7. The van der Waals surface area contributed by atoms with Gasteiger partial charge in [-0.25, -0.2) is 0 Å². The molecular formula is C28H30IN3S. The monoisotopic (exact) mass is 567 g/mol. The Balaban J connectivity index is 0.00000259. The van der Waals surface area contributed by atoms with Gasteiger partial charge in [0.25, 0.3) is 0 Å². The summed E-state index contributed by atoms with van der Waals surface area (Å²) in [5.74, 6) is 0. The Morgan fingerprint density at radius 3 is 2.36 bits per heavy atom. The van der Waals surface area contributed by atoms with E-state index in [0.29, 0.717) is 0 Å². The third kappa shape index (κ3) is 4.66. The summed E-state index contributed by atoms with van der Waals surface area (Å²) in [6.45, 7) is 2.25. The predicted octanol–water partition coefficient (Wildman–Crippen LogP) is 8.06. The van der Waals surface area contributed by atoms with Gasteiger partial charge >= 0.3 is 0 Å². The third-order valence-electron chi connectivity index (χ3n) is 6.20. The quantitative estimate of drug-likeness (QED) is 0.250. The molecule has 0 spiro atoms.